The average molecular weight is 415 g/mol. The van der Waals surface area contributed by atoms with Gasteiger partial charge in [-0.2, -0.15) is 0 Å². The SMILES string of the molecule is Cc1ccc(C)c(NC(=O)c2c3c(cn(-c4ccccc4)c2=O)C(=O)CC(C)(C)C3)c1. The van der Waals surface area contributed by atoms with Crippen molar-refractivity contribution in [2.45, 2.75) is 40.5 Å². The lowest BCUT2D eigenvalue weighted by Crippen LogP contribution is -2.37. The van der Waals surface area contributed by atoms with Crippen molar-refractivity contribution in [2.24, 2.45) is 5.41 Å². The summed E-state index contributed by atoms with van der Waals surface area (Å²) in [5.41, 5.74) is 3.50. The van der Waals surface area contributed by atoms with E-state index in [1.54, 1.807) is 18.3 Å². The molecule has 1 aliphatic rings. The Morgan fingerprint density at radius 2 is 1.71 bits per heavy atom. The van der Waals surface area contributed by atoms with E-state index in [4.69, 9.17) is 0 Å². The van der Waals surface area contributed by atoms with Crippen molar-refractivity contribution in [3.63, 3.8) is 0 Å². The molecule has 0 saturated carbocycles. The molecule has 1 amide bonds. The minimum absolute atomic E-state index is 0.0447. The number of ketones is 1. The van der Waals surface area contributed by atoms with Gasteiger partial charge < -0.3 is 5.32 Å². The lowest BCUT2D eigenvalue weighted by Gasteiger charge is -2.31. The number of nitrogens with zero attached hydrogens (tertiary/aromatic N) is 1. The number of nitrogens with one attached hydrogen (secondary N) is 1. The van der Waals surface area contributed by atoms with E-state index in [-0.39, 0.29) is 16.8 Å². The zero-order valence-electron chi connectivity index (χ0n) is 18.3. The van der Waals surface area contributed by atoms with Gasteiger partial charge in [-0.1, -0.05) is 44.2 Å². The number of amides is 1. The van der Waals surface area contributed by atoms with Crippen molar-refractivity contribution in [3.8, 4) is 5.69 Å². The van der Waals surface area contributed by atoms with Crippen LogP contribution in [0.5, 0.6) is 0 Å². The summed E-state index contributed by atoms with van der Waals surface area (Å²) in [6, 6.07) is 14.9. The highest BCUT2D eigenvalue weighted by atomic mass is 16.2. The van der Waals surface area contributed by atoms with E-state index >= 15 is 0 Å². The quantitative estimate of drug-likeness (QED) is 0.665. The van der Waals surface area contributed by atoms with Gasteiger partial charge in [0.2, 0.25) is 0 Å². The predicted molar refractivity (Wildman–Crippen MR) is 122 cm³/mol. The fourth-order valence-electron chi connectivity index (χ4n) is 4.21. The Hall–Kier alpha value is -3.47. The molecule has 0 aliphatic heterocycles. The molecule has 5 nitrogen and oxygen atoms in total. The second kappa shape index (κ2) is 7.65. The molecule has 31 heavy (non-hydrogen) atoms. The first-order chi connectivity index (χ1) is 14.7. The monoisotopic (exact) mass is 414 g/mol. The Morgan fingerprint density at radius 1 is 1.00 bits per heavy atom. The van der Waals surface area contributed by atoms with Crippen LogP contribution in [-0.4, -0.2) is 16.3 Å². The first kappa shape index (κ1) is 20.8. The van der Waals surface area contributed by atoms with E-state index in [1.165, 1.54) is 4.57 Å². The number of hydrogen-bond acceptors (Lipinski definition) is 3. The molecule has 0 spiro atoms. The molecule has 1 aliphatic carbocycles. The van der Waals surface area contributed by atoms with Gasteiger partial charge in [0.1, 0.15) is 5.56 Å². The summed E-state index contributed by atoms with van der Waals surface area (Å²) in [6.45, 7) is 7.83. The molecule has 1 aromatic heterocycles. The lowest BCUT2D eigenvalue weighted by atomic mass is 9.73. The standard InChI is InChI=1S/C26H26N2O3/c1-16-10-11-17(2)21(12-16)27-24(30)23-19-13-26(3,4)14-22(29)20(19)15-28(25(23)31)18-8-6-5-7-9-18/h5-12,15H,13-14H2,1-4H3,(H,27,30). The Balaban J connectivity index is 1.92. The van der Waals surface area contributed by atoms with Crippen molar-refractivity contribution < 1.29 is 9.59 Å². The summed E-state index contributed by atoms with van der Waals surface area (Å²) in [5.74, 6) is -0.526. The third-order valence-corrected chi connectivity index (χ3v) is 5.82. The molecule has 3 aromatic rings. The Labute approximate surface area is 181 Å². The molecule has 0 atom stereocenters. The second-order valence-electron chi connectivity index (χ2n) is 9.12. The van der Waals surface area contributed by atoms with Crippen LogP contribution in [0, 0.1) is 19.3 Å². The van der Waals surface area contributed by atoms with Crippen LogP contribution in [0.2, 0.25) is 0 Å². The molecule has 0 unspecified atom stereocenters. The van der Waals surface area contributed by atoms with Crippen LogP contribution in [0.4, 0.5) is 5.69 Å². The maximum absolute atomic E-state index is 13.5. The Bertz CT molecular complexity index is 1250. The van der Waals surface area contributed by atoms with Crippen molar-refractivity contribution >= 4 is 17.4 Å². The molecule has 2 aromatic carbocycles. The fourth-order valence-corrected chi connectivity index (χ4v) is 4.21. The largest absolute Gasteiger partial charge is 0.322 e. The van der Waals surface area contributed by atoms with Crippen LogP contribution in [0.15, 0.2) is 59.5 Å². The zero-order valence-corrected chi connectivity index (χ0v) is 18.3. The molecule has 0 fully saturated rings. The predicted octanol–water partition coefficient (Wildman–Crippen LogP) is 4.86. The van der Waals surface area contributed by atoms with Crippen LogP contribution in [-0.2, 0) is 6.42 Å². The average Bonchev–Trinajstić information content (AvgIpc) is 2.70. The van der Waals surface area contributed by atoms with Crippen LogP contribution in [0.3, 0.4) is 0 Å². The number of benzene rings is 2. The number of Topliss-reactive ketones (excluding diaryl/α,β-unsaturated/α-hetero) is 1. The summed E-state index contributed by atoms with van der Waals surface area (Å²) < 4.78 is 1.41. The minimum Gasteiger partial charge on any atom is -0.322 e. The van der Waals surface area contributed by atoms with Crippen LogP contribution >= 0.6 is 0 Å². The highest BCUT2D eigenvalue weighted by Crippen LogP contribution is 2.36. The van der Waals surface area contributed by atoms with Gasteiger partial charge in [0.25, 0.3) is 11.5 Å². The Morgan fingerprint density at radius 3 is 2.42 bits per heavy atom. The number of aromatic nitrogens is 1. The summed E-state index contributed by atoms with van der Waals surface area (Å²) in [5, 5.41) is 2.92. The van der Waals surface area contributed by atoms with Gasteiger partial charge in [0.05, 0.1) is 0 Å². The molecule has 1 heterocycles. The third kappa shape index (κ3) is 3.96. The first-order valence-electron chi connectivity index (χ1n) is 10.4. The zero-order chi connectivity index (χ0) is 22.3. The molecule has 5 heteroatoms. The van der Waals surface area contributed by atoms with Gasteiger partial charge in [-0.25, -0.2) is 0 Å². The number of anilines is 1. The molecule has 0 bridgehead atoms. The number of fused-ring (bicyclic) bond motifs is 1. The molecule has 0 saturated heterocycles. The highest BCUT2D eigenvalue weighted by Gasteiger charge is 2.36. The number of carbonyl (C=O) groups is 2. The van der Waals surface area contributed by atoms with E-state index in [0.717, 1.165) is 11.1 Å². The van der Waals surface area contributed by atoms with E-state index in [0.29, 0.717) is 35.3 Å². The molecule has 4 rings (SSSR count). The number of para-hydroxylation sites is 1. The summed E-state index contributed by atoms with van der Waals surface area (Å²) in [4.78, 5) is 40.0. The van der Waals surface area contributed by atoms with E-state index < -0.39 is 11.5 Å². The molecule has 1 N–H and O–H groups in total. The van der Waals surface area contributed by atoms with E-state index in [9.17, 15) is 14.4 Å². The topological polar surface area (TPSA) is 68.2 Å². The van der Waals surface area contributed by atoms with Crippen molar-refractivity contribution in [1.82, 2.24) is 4.57 Å². The summed E-state index contributed by atoms with van der Waals surface area (Å²) in [7, 11) is 0. The van der Waals surface area contributed by atoms with Gasteiger partial charge in [-0.05, 0) is 60.6 Å². The van der Waals surface area contributed by atoms with Gasteiger partial charge in [0.15, 0.2) is 5.78 Å². The van der Waals surface area contributed by atoms with Gasteiger partial charge >= 0.3 is 0 Å². The lowest BCUT2D eigenvalue weighted by molar-refractivity contribution is 0.0910. The summed E-state index contributed by atoms with van der Waals surface area (Å²) >= 11 is 0. The molecule has 0 radical (unpaired) electrons. The smallest absolute Gasteiger partial charge is 0.268 e. The van der Waals surface area contributed by atoms with Crippen molar-refractivity contribution in [2.75, 3.05) is 5.32 Å². The van der Waals surface area contributed by atoms with Crippen LogP contribution in [0.1, 0.15) is 57.7 Å². The van der Waals surface area contributed by atoms with Gasteiger partial charge in [-0.3, -0.25) is 19.0 Å². The van der Waals surface area contributed by atoms with Crippen molar-refractivity contribution in [3.05, 3.63) is 92.9 Å². The van der Waals surface area contributed by atoms with Gasteiger partial charge in [0, 0.05) is 29.6 Å². The summed E-state index contributed by atoms with van der Waals surface area (Å²) in [6.07, 6.45) is 2.47. The van der Waals surface area contributed by atoms with E-state index in [2.05, 4.69) is 5.32 Å². The number of carbonyl (C=O) groups excluding carboxylic acids is 2. The fraction of sp³-hybridized carbons (Fsp3) is 0.269. The molecular weight excluding hydrogens is 388 g/mol. The Kier molecular flexibility index (Phi) is 5.13. The van der Waals surface area contributed by atoms with E-state index in [1.807, 2.05) is 64.1 Å². The highest BCUT2D eigenvalue weighted by molar-refractivity contribution is 6.09. The van der Waals surface area contributed by atoms with Crippen LogP contribution < -0.4 is 10.9 Å². The van der Waals surface area contributed by atoms with Crippen molar-refractivity contribution in [1.29, 1.82) is 0 Å². The second-order valence-corrected chi connectivity index (χ2v) is 9.12. The number of pyridine rings is 1. The first-order valence-corrected chi connectivity index (χ1v) is 10.4. The molecule has 158 valence electrons. The maximum Gasteiger partial charge on any atom is 0.268 e. The minimum atomic E-state index is -0.481. The van der Waals surface area contributed by atoms with Crippen LogP contribution in [0.25, 0.3) is 5.69 Å². The third-order valence-electron chi connectivity index (χ3n) is 5.82. The normalized spacial score (nSPS) is 14.8. The van der Waals surface area contributed by atoms with Gasteiger partial charge in [-0.15, -0.1) is 0 Å². The number of rotatable bonds is 3. The number of hydrogen-bond donors (Lipinski definition) is 1. The molecular formula is C26H26N2O3. The number of aryl methyl sites for hydroxylation is 2. The maximum atomic E-state index is 13.5.